The maximum Gasteiger partial charge on any atom is 0.309 e. The molecule has 0 aromatic rings. The fourth-order valence-corrected chi connectivity index (χ4v) is 5.70. The standard InChI is InChI=1S/C17H24O5/c1-9-11-8-12(20-10(2)18)15(3)6-5-7-16(4)17(15,22-16)13(11)21-14(9)19/h9,11-13H,5-8H2,1-4H3/t9-,11+,12+,13-,15-,16-,17+/m1/s1. The van der Waals surface area contributed by atoms with Gasteiger partial charge in [-0.05, 0) is 32.6 Å². The topological polar surface area (TPSA) is 65.1 Å². The number of esters is 2. The van der Waals surface area contributed by atoms with Crippen molar-refractivity contribution in [1.29, 1.82) is 0 Å². The minimum atomic E-state index is -0.484. The van der Waals surface area contributed by atoms with E-state index in [0.717, 1.165) is 19.3 Å². The highest BCUT2D eigenvalue weighted by atomic mass is 16.7. The lowest BCUT2D eigenvalue weighted by Gasteiger charge is -2.52. The lowest BCUT2D eigenvalue weighted by Crippen LogP contribution is -2.64. The van der Waals surface area contributed by atoms with Gasteiger partial charge in [0.25, 0.3) is 0 Å². The molecule has 5 heteroatoms. The number of carbonyl (C=O) groups excluding carboxylic acids is 2. The second-order valence-corrected chi connectivity index (χ2v) is 7.98. The third-order valence-corrected chi connectivity index (χ3v) is 6.88. The highest BCUT2D eigenvalue weighted by Crippen LogP contribution is 2.73. The summed E-state index contributed by atoms with van der Waals surface area (Å²) >= 11 is 0. The zero-order valence-electron chi connectivity index (χ0n) is 13.7. The monoisotopic (exact) mass is 308 g/mol. The molecule has 122 valence electrons. The van der Waals surface area contributed by atoms with Gasteiger partial charge in [0, 0.05) is 18.3 Å². The Labute approximate surface area is 130 Å². The van der Waals surface area contributed by atoms with E-state index < -0.39 is 5.60 Å². The van der Waals surface area contributed by atoms with Gasteiger partial charge >= 0.3 is 11.9 Å². The van der Waals surface area contributed by atoms with E-state index >= 15 is 0 Å². The first-order chi connectivity index (χ1) is 10.3. The highest BCUT2D eigenvalue weighted by Gasteiger charge is 2.85. The third-order valence-electron chi connectivity index (χ3n) is 6.88. The van der Waals surface area contributed by atoms with E-state index in [9.17, 15) is 9.59 Å². The number of ether oxygens (including phenoxy) is 3. The maximum atomic E-state index is 12.1. The first kappa shape index (κ1) is 14.5. The van der Waals surface area contributed by atoms with Crippen molar-refractivity contribution in [3.8, 4) is 0 Å². The summed E-state index contributed by atoms with van der Waals surface area (Å²) in [4.78, 5) is 23.7. The van der Waals surface area contributed by atoms with E-state index in [1.54, 1.807) is 0 Å². The molecule has 2 aliphatic heterocycles. The fourth-order valence-electron chi connectivity index (χ4n) is 5.70. The van der Waals surface area contributed by atoms with E-state index in [1.165, 1.54) is 6.92 Å². The molecule has 0 aromatic heterocycles. The number of rotatable bonds is 1. The number of fused-ring (bicyclic) bond motifs is 1. The van der Waals surface area contributed by atoms with E-state index in [1.807, 2.05) is 6.92 Å². The Balaban J connectivity index is 1.80. The molecular formula is C17H24O5. The second-order valence-electron chi connectivity index (χ2n) is 7.98. The van der Waals surface area contributed by atoms with Crippen LogP contribution in [0.3, 0.4) is 0 Å². The summed E-state index contributed by atoms with van der Waals surface area (Å²) in [6, 6.07) is 0. The van der Waals surface area contributed by atoms with E-state index in [2.05, 4.69) is 13.8 Å². The van der Waals surface area contributed by atoms with Crippen LogP contribution >= 0.6 is 0 Å². The van der Waals surface area contributed by atoms with Gasteiger partial charge in [-0.2, -0.15) is 0 Å². The second kappa shape index (κ2) is 4.05. The van der Waals surface area contributed by atoms with Crippen LogP contribution in [0.2, 0.25) is 0 Å². The summed E-state index contributed by atoms with van der Waals surface area (Å²) < 4.78 is 17.8. The zero-order chi connectivity index (χ0) is 15.9. The number of hydrogen-bond acceptors (Lipinski definition) is 5. The van der Waals surface area contributed by atoms with E-state index in [4.69, 9.17) is 14.2 Å². The first-order valence-corrected chi connectivity index (χ1v) is 8.33. The summed E-state index contributed by atoms with van der Waals surface area (Å²) in [5, 5.41) is 0. The van der Waals surface area contributed by atoms with Gasteiger partial charge < -0.3 is 14.2 Å². The average molecular weight is 308 g/mol. The minimum absolute atomic E-state index is 0.0739. The van der Waals surface area contributed by atoms with Gasteiger partial charge in [-0.15, -0.1) is 0 Å². The molecule has 0 radical (unpaired) electrons. The molecule has 22 heavy (non-hydrogen) atoms. The number of hydrogen-bond donors (Lipinski definition) is 0. The van der Waals surface area contributed by atoms with Crippen molar-refractivity contribution in [2.75, 3.05) is 0 Å². The number of epoxide rings is 1. The largest absolute Gasteiger partial charge is 0.462 e. The third kappa shape index (κ3) is 1.44. The molecule has 2 saturated heterocycles. The lowest BCUT2D eigenvalue weighted by atomic mass is 9.52. The van der Waals surface area contributed by atoms with Crippen molar-refractivity contribution in [3.63, 3.8) is 0 Å². The van der Waals surface area contributed by atoms with Crippen LogP contribution in [-0.2, 0) is 23.8 Å². The highest BCUT2D eigenvalue weighted by molar-refractivity contribution is 5.75. The Morgan fingerprint density at radius 1 is 1.32 bits per heavy atom. The van der Waals surface area contributed by atoms with Crippen molar-refractivity contribution in [1.82, 2.24) is 0 Å². The van der Waals surface area contributed by atoms with Crippen LogP contribution in [-0.4, -0.2) is 35.3 Å². The van der Waals surface area contributed by atoms with Gasteiger partial charge in [-0.3, -0.25) is 9.59 Å². The normalized spacial score (nSPS) is 55.5. The molecule has 4 aliphatic rings. The van der Waals surface area contributed by atoms with Gasteiger partial charge in [0.1, 0.15) is 17.8 Å². The van der Waals surface area contributed by atoms with Crippen LogP contribution in [0, 0.1) is 17.3 Å². The summed E-state index contributed by atoms with van der Waals surface area (Å²) in [5.74, 6) is -0.480. The molecule has 0 bridgehead atoms. The predicted octanol–water partition coefficient (Wildman–Crippen LogP) is 2.22. The van der Waals surface area contributed by atoms with Gasteiger partial charge in [0.2, 0.25) is 0 Å². The molecule has 0 N–H and O–H groups in total. The Kier molecular flexibility index (Phi) is 2.67. The number of carbonyl (C=O) groups is 2. The predicted molar refractivity (Wildman–Crippen MR) is 76.9 cm³/mol. The zero-order valence-corrected chi connectivity index (χ0v) is 13.7. The molecule has 7 atom stereocenters. The first-order valence-electron chi connectivity index (χ1n) is 8.33. The molecule has 2 aliphatic carbocycles. The molecule has 0 unspecified atom stereocenters. The minimum Gasteiger partial charge on any atom is -0.462 e. The molecule has 4 fully saturated rings. The van der Waals surface area contributed by atoms with Gasteiger partial charge in [-0.1, -0.05) is 13.8 Å². The van der Waals surface area contributed by atoms with Crippen molar-refractivity contribution < 1.29 is 23.8 Å². The SMILES string of the molecule is CC(=O)O[C@H]1C[C@@H]2[C@@H](OC(=O)[C@@H]2C)[C@@]23O[C@]2(C)CCC[C@]13C. The smallest absolute Gasteiger partial charge is 0.309 e. The van der Waals surface area contributed by atoms with Crippen LogP contribution in [0.5, 0.6) is 0 Å². The molecule has 2 heterocycles. The van der Waals surface area contributed by atoms with Gasteiger partial charge in [-0.25, -0.2) is 0 Å². The van der Waals surface area contributed by atoms with Gasteiger partial charge in [0.15, 0.2) is 0 Å². The summed E-state index contributed by atoms with van der Waals surface area (Å²) in [7, 11) is 0. The van der Waals surface area contributed by atoms with Crippen molar-refractivity contribution in [2.45, 2.75) is 76.8 Å². The van der Waals surface area contributed by atoms with Crippen LogP contribution in [0.1, 0.15) is 53.4 Å². The van der Waals surface area contributed by atoms with Crippen LogP contribution < -0.4 is 0 Å². The molecule has 1 spiro atoms. The van der Waals surface area contributed by atoms with Crippen LogP contribution in [0.25, 0.3) is 0 Å². The maximum absolute atomic E-state index is 12.1. The van der Waals surface area contributed by atoms with E-state index in [0.29, 0.717) is 6.42 Å². The van der Waals surface area contributed by atoms with Crippen LogP contribution in [0.15, 0.2) is 0 Å². The van der Waals surface area contributed by atoms with Gasteiger partial charge in [0.05, 0.1) is 11.5 Å². The Morgan fingerprint density at radius 2 is 2.05 bits per heavy atom. The molecule has 0 aromatic carbocycles. The van der Waals surface area contributed by atoms with Crippen molar-refractivity contribution in [3.05, 3.63) is 0 Å². The van der Waals surface area contributed by atoms with Crippen molar-refractivity contribution in [2.24, 2.45) is 17.3 Å². The summed E-state index contributed by atoms with van der Waals surface area (Å²) in [6.07, 6.45) is 3.25. The molecule has 5 nitrogen and oxygen atoms in total. The van der Waals surface area contributed by atoms with Crippen LogP contribution in [0.4, 0.5) is 0 Å². The Bertz CT molecular complexity index is 559. The molecule has 2 saturated carbocycles. The Hall–Kier alpha value is -1.10. The molecule has 0 amide bonds. The average Bonchev–Trinajstić information content (AvgIpc) is 2.98. The Morgan fingerprint density at radius 3 is 2.73 bits per heavy atom. The fraction of sp³-hybridized carbons (Fsp3) is 0.882. The van der Waals surface area contributed by atoms with E-state index in [-0.39, 0.29) is 47.0 Å². The molecule has 4 rings (SSSR count). The quantitative estimate of drug-likeness (QED) is 0.549. The lowest BCUT2D eigenvalue weighted by molar-refractivity contribution is -0.183. The van der Waals surface area contributed by atoms with Crippen molar-refractivity contribution >= 4 is 11.9 Å². The summed E-state index contributed by atoms with van der Waals surface area (Å²) in [6.45, 7) is 7.64. The molecular weight excluding hydrogens is 284 g/mol. The summed E-state index contributed by atoms with van der Waals surface area (Å²) in [5.41, 5.74) is -1.02.